The molecule has 1 atom stereocenters. The summed E-state index contributed by atoms with van der Waals surface area (Å²) in [5, 5.41) is 4.42. The van der Waals surface area contributed by atoms with Crippen LogP contribution in [0.15, 0.2) is 35.5 Å². The van der Waals surface area contributed by atoms with Gasteiger partial charge < -0.3 is 4.57 Å². The van der Waals surface area contributed by atoms with Crippen LogP contribution in [0.2, 0.25) is 0 Å². The van der Waals surface area contributed by atoms with E-state index in [0.717, 1.165) is 13.1 Å². The first-order valence-corrected chi connectivity index (χ1v) is 7.07. The molecule has 4 heteroatoms. The molecule has 0 saturated carbocycles. The average molecular weight is 247 g/mol. The molecule has 0 aromatic carbocycles. The summed E-state index contributed by atoms with van der Waals surface area (Å²) in [5.74, 6) is 0. The van der Waals surface area contributed by atoms with E-state index in [0.29, 0.717) is 6.04 Å². The number of rotatable bonds is 4. The Bertz CT molecular complexity index is 393. The van der Waals surface area contributed by atoms with Crippen LogP contribution < -0.4 is 0 Å². The van der Waals surface area contributed by atoms with Crippen molar-refractivity contribution in [3.63, 3.8) is 0 Å². The van der Waals surface area contributed by atoms with Gasteiger partial charge in [0.2, 0.25) is 0 Å². The Kier molecular flexibility index (Phi) is 3.25. The molecule has 0 N–H and O–H groups in total. The van der Waals surface area contributed by atoms with Crippen molar-refractivity contribution in [2.24, 2.45) is 0 Å². The molecule has 0 amide bonds. The summed E-state index contributed by atoms with van der Waals surface area (Å²) >= 11 is 1.79. The van der Waals surface area contributed by atoms with Crippen LogP contribution in [0.25, 0.3) is 0 Å². The van der Waals surface area contributed by atoms with Gasteiger partial charge in [-0.2, -0.15) is 11.3 Å². The van der Waals surface area contributed by atoms with E-state index in [-0.39, 0.29) is 0 Å². The molecular weight excluding hydrogens is 230 g/mol. The van der Waals surface area contributed by atoms with Crippen LogP contribution in [0.1, 0.15) is 18.4 Å². The third-order valence-electron chi connectivity index (χ3n) is 3.45. The molecule has 1 saturated heterocycles. The predicted molar refractivity (Wildman–Crippen MR) is 70.0 cm³/mol. The minimum absolute atomic E-state index is 0.670. The van der Waals surface area contributed by atoms with Gasteiger partial charge in [0, 0.05) is 31.5 Å². The second kappa shape index (κ2) is 5.02. The predicted octanol–water partition coefficient (Wildman–Crippen LogP) is 2.61. The summed E-state index contributed by atoms with van der Waals surface area (Å²) in [4.78, 5) is 6.71. The quantitative estimate of drug-likeness (QED) is 0.828. The van der Waals surface area contributed by atoms with Crippen LogP contribution in [0.3, 0.4) is 0 Å². The molecule has 0 radical (unpaired) electrons. The number of thiophene rings is 1. The van der Waals surface area contributed by atoms with Gasteiger partial charge in [-0.05, 0) is 41.8 Å². The van der Waals surface area contributed by atoms with E-state index in [4.69, 9.17) is 0 Å². The maximum Gasteiger partial charge on any atom is 0.0946 e. The molecule has 0 aliphatic carbocycles. The van der Waals surface area contributed by atoms with Gasteiger partial charge in [-0.1, -0.05) is 0 Å². The summed E-state index contributed by atoms with van der Waals surface area (Å²) in [6.45, 7) is 3.40. The van der Waals surface area contributed by atoms with E-state index in [1.54, 1.807) is 11.3 Å². The van der Waals surface area contributed by atoms with E-state index in [1.807, 2.05) is 12.5 Å². The first kappa shape index (κ1) is 11.0. The highest BCUT2D eigenvalue weighted by Crippen LogP contribution is 2.22. The smallest absolute Gasteiger partial charge is 0.0946 e. The monoisotopic (exact) mass is 247 g/mol. The van der Waals surface area contributed by atoms with Crippen LogP contribution in [-0.2, 0) is 13.1 Å². The van der Waals surface area contributed by atoms with Crippen LogP contribution in [0.4, 0.5) is 0 Å². The Morgan fingerprint density at radius 2 is 2.47 bits per heavy atom. The van der Waals surface area contributed by atoms with Gasteiger partial charge in [0.25, 0.3) is 0 Å². The normalized spacial score (nSPS) is 21.1. The van der Waals surface area contributed by atoms with Crippen LogP contribution in [0, 0.1) is 0 Å². The number of likely N-dealkylation sites (tertiary alicyclic amines) is 1. The lowest BCUT2D eigenvalue weighted by Crippen LogP contribution is -2.32. The molecule has 3 rings (SSSR count). The molecule has 0 bridgehead atoms. The van der Waals surface area contributed by atoms with E-state index < -0.39 is 0 Å². The first-order valence-electron chi connectivity index (χ1n) is 6.13. The number of nitrogens with zero attached hydrogens (tertiary/aromatic N) is 3. The minimum atomic E-state index is 0.670. The van der Waals surface area contributed by atoms with Crippen LogP contribution in [0.5, 0.6) is 0 Å². The maximum absolute atomic E-state index is 4.11. The van der Waals surface area contributed by atoms with Gasteiger partial charge in [-0.25, -0.2) is 4.98 Å². The van der Waals surface area contributed by atoms with Crippen molar-refractivity contribution < 1.29 is 0 Å². The maximum atomic E-state index is 4.11. The van der Waals surface area contributed by atoms with Gasteiger partial charge in [-0.3, -0.25) is 4.90 Å². The van der Waals surface area contributed by atoms with E-state index >= 15 is 0 Å². The minimum Gasteiger partial charge on any atom is -0.336 e. The van der Waals surface area contributed by atoms with Gasteiger partial charge in [0.15, 0.2) is 0 Å². The first-order chi connectivity index (χ1) is 8.42. The molecule has 1 aliphatic rings. The van der Waals surface area contributed by atoms with E-state index in [2.05, 4.69) is 37.5 Å². The fraction of sp³-hybridized carbons (Fsp3) is 0.462. The lowest BCUT2D eigenvalue weighted by Gasteiger charge is -2.24. The summed E-state index contributed by atoms with van der Waals surface area (Å²) in [6, 6.07) is 2.90. The fourth-order valence-corrected chi connectivity index (χ4v) is 3.23. The Labute approximate surface area is 106 Å². The third kappa shape index (κ3) is 2.58. The van der Waals surface area contributed by atoms with Gasteiger partial charge >= 0.3 is 0 Å². The molecular formula is C13H17N3S. The van der Waals surface area contributed by atoms with E-state index in [1.165, 1.54) is 24.9 Å². The SMILES string of the molecule is c1cn(CC2CCCN2Cc2ccsc2)cn1. The molecule has 17 heavy (non-hydrogen) atoms. The topological polar surface area (TPSA) is 21.1 Å². The number of imidazole rings is 1. The van der Waals surface area contributed by atoms with Gasteiger partial charge in [0.05, 0.1) is 6.33 Å². The Hall–Kier alpha value is -1.13. The second-order valence-electron chi connectivity index (χ2n) is 4.66. The third-order valence-corrected chi connectivity index (χ3v) is 4.18. The van der Waals surface area contributed by atoms with Gasteiger partial charge in [0.1, 0.15) is 0 Å². The Morgan fingerprint density at radius 3 is 3.24 bits per heavy atom. The zero-order valence-corrected chi connectivity index (χ0v) is 10.6. The van der Waals surface area contributed by atoms with Gasteiger partial charge in [-0.15, -0.1) is 0 Å². The van der Waals surface area contributed by atoms with Crippen molar-refractivity contribution in [3.05, 3.63) is 41.1 Å². The summed E-state index contributed by atoms with van der Waals surface area (Å²) < 4.78 is 2.19. The Balaban J connectivity index is 1.63. The van der Waals surface area contributed by atoms with Crippen LogP contribution in [-0.4, -0.2) is 27.0 Å². The second-order valence-corrected chi connectivity index (χ2v) is 5.44. The molecule has 1 unspecified atom stereocenters. The van der Waals surface area contributed by atoms with Crippen molar-refractivity contribution in [2.75, 3.05) is 6.54 Å². The highest BCUT2D eigenvalue weighted by molar-refractivity contribution is 7.07. The standard InChI is InChI=1S/C13H17N3S/c1-2-13(9-15-6-4-14-11-15)16(5-1)8-12-3-7-17-10-12/h3-4,6-7,10-11,13H,1-2,5,8-9H2. The lowest BCUT2D eigenvalue weighted by atomic mass is 10.2. The lowest BCUT2D eigenvalue weighted by molar-refractivity contribution is 0.224. The fourth-order valence-electron chi connectivity index (χ4n) is 2.57. The number of hydrogen-bond donors (Lipinski definition) is 0. The molecule has 3 nitrogen and oxygen atoms in total. The summed E-state index contributed by atoms with van der Waals surface area (Å²) in [7, 11) is 0. The molecule has 3 heterocycles. The van der Waals surface area contributed by atoms with Crippen molar-refractivity contribution >= 4 is 11.3 Å². The zero-order chi connectivity index (χ0) is 11.5. The number of aromatic nitrogens is 2. The average Bonchev–Trinajstić information content (AvgIpc) is 3.04. The highest BCUT2D eigenvalue weighted by Gasteiger charge is 2.24. The van der Waals surface area contributed by atoms with Crippen molar-refractivity contribution in [2.45, 2.75) is 32.0 Å². The highest BCUT2D eigenvalue weighted by atomic mass is 32.1. The summed E-state index contributed by atoms with van der Waals surface area (Å²) in [6.07, 6.45) is 8.46. The molecule has 1 aliphatic heterocycles. The number of hydrogen-bond acceptors (Lipinski definition) is 3. The molecule has 1 fully saturated rings. The Morgan fingerprint density at radius 1 is 1.47 bits per heavy atom. The zero-order valence-electron chi connectivity index (χ0n) is 9.83. The van der Waals surface area contributed by atoms with E-state index in [9.17, 15) is 0 Å². The molecule has 2 aromatic rings. The molecule has 90 valence electrons. The van der Waals surface area contributed by atoms with Crippen molar-refractivity contribution in [3.8, 4) is 0 Å². The van der Waals surface area contributed by atoms with Crippen molar-refractivity contribution in [1.29, 1.82) is 0 Å². The van der Waals surface area contributed by atoms with Crippen LogP contribution >= 0.6 is 11.3 Å². The summed E-state index contributed by atoms with van der Waals surface area (Å²) in [5.41, 5.74) is 1.45. The molecule has 2 aromatic heterocycles. The molecule has 0 spiro atoms. The van der Waals surface area contributed by atoms with Crippen molar-refractivity contribution in [1.82, 2.24) is 14.5 Å². The largest absolute Gasteiger partial charge is 0.336 e.